The smallest absolute Gasteiger partial charge is 0.309 e. The van der Waals surface area contributed by atoms with Gasteiger partial charge in [0, 0.05) is 7.05 Å². The van der Waals surface area contributed by atoms with Crippen molar-refractivity contribution in [1.29, 1.82) is 0 Å². The maximum atomic E-state index is 8.94. The summed E-state index contributed by atoms with van der Waals surface area (Å²) < 4.78 is 0. The van der Waals surface area contributed by atoms with Crippen molar-refractivity contribution >= 4 is 6.41 Å². The van der Waals surface area contributed by atoms with Crippen molar-refractivity contribution in [3.05, 3.63) is 6.92 Å². The first-order valence-electron chi connectivity index (χ1n) is 3.16. The summed E-state index contributed by atoms with van der Waals surface area (Å²) in [4.78, 5) is 8.94. The Hall–Kier alpha value is -0.530. The molecule has 0 saturated heterocycles. The van der Waals surface area contributed by atoms with Crippen LogP contribution < -0.4 is 5.32 Å². The third kappa shape index (κ3) is 36.6. The lowest BCUT2D eigenvalue weighted by Crippen LogP contribution is -1.97. The molecule has 0 aliphatic heterocycles. The van der Waals surface area contributed by atoms with Gasteiger partial charge in [0.15, 0.2) is 0 Å². The van der Waals surface area contributed by atoms with Crippen LogP contribution in [0.25, 0.3) is 0 Å². The van der Waals surface area contributed by atoms with Crippen molar-refractivity contribution in [2.45, 2.75) is 26.2 Å². The van der Waals surface area contributed by atoms with Gasteiger partial charge in [-0.2, -0.15) is 0 Å². The summed E-state index contributed by atoms with van der Waals surface area (Å²) in [6.45, 7) is 5.85. The van der Waals surface area contributed by atoms with Gasteiger partial charge in [0.2, 0.25) is 0 Å². The fraction of sp³-hybridized carbons (Fsp3) is 0.714. The third-order valence-electron chi connectivity index (χ3n) is 0.706. The molecule has 0 aromatic heterocycles. The average molecular weight is 129 g/mol. The Bertz CT molecular complexity index is 44.2. The Balaban J connectivity index is 0. The van der Waals surface area contributed by atoms with E-state index in [4.69, 9.17) is 4.79 Å². The highest BCUT2D eigenvalue weighted by Crippen LogP contribution is 1.87. The lowest BCUT2D eigenvalue weighted by Gasteiger charge is -1.79. The first kappa shape index (κ1) is 11.3. The molecule has 2 radical (unpaired) electrons. The van der Waals surface area contributed by atoms with Gasteiger partial charge in [0.1, 0.15) is 0 Å². The summed E-state index contributed by atoms with van der Waals surface area (Å²) in [6.07, 6.45) is 5.08. The molecule has 0 heterocycles. The molecule has 0 atom stereocenters. The molecule has 0 bridgehead atoms. The highest BCUT2D eigenvalue weighted by Gasteiger charge is 1.68. The van der Waals surface area contributed by atoms with E-state index in [9.17, 15) is 0 Å². The second-order valence-electron chi connectivity index (χ2n) is 1.56. The molecule has 54 valence electrons. The van der Waals surface area contributed by atoms with E-state index in [1.54, 1.807) is 0 Å². The average Bonchev–Trinajstić information content (AvgIpc) is 1.91. The first-order valence-corrected chi connectivity index (χ1v) is 3.16. The van der Waals surface area contributed by atoms with E-state index in [1.807, 2.05) is 0 Å². The first-order chi connectivity index (χ1) is 4.33. The molecular formula is C7H15NO. The number of unbranched alkanes of at least 4 members (excludes halogenated alkanes) is 2. The summed E-state index contributed by atoms with van der Waals surface area (Å²) in [7, 11) is 1.51. The molecule has 0 unspecified atom stereocenters. The van der Waals surface area contributed by atoms with Gasteiger partial charge in [-0.05, 0) is 0 Å². The van der Waals surface area contributed by atoms with Crippen molar-refractivity contribution in [1.82, 2.24) is 5.32 Å². The van der Waals surface area contributed by atoms with Crippen LogP contribution in [-0.4, -0.2) is 13.5 Å². The fourth-order valence-electron chi connectivity index (χ4n) is 0.250. The van der Waals surface area contributed by atoms with Gasteiger partial charge < -0.3 is 5.32 Å². The molecular weight excluding hydrogens is 114 g/mol. The Morgan fingerprint density at radius 1 is 1.67 bits per heavy atom. The van der Waals surface area contributed by atoms with Crippen LogP contribution in [0.3, 0.4) is 0 Å². The van der Waals surface area contributed by atoms with Crippen LogP contribution in [0.1, 0.15) is 26.2 Å². The standard InChI is InChI=1S/C5H11.C2H4NO/c1-3-5-4-2;1-3-2-4/h1,3-5H2,2H3;1H3,(H,3,4). The van der Waals surface area contributed by atoms with E-state index in [0.29, 0.717) is 0 Å². The largest absolute Gasteiger partial charge is 0.351 e. The predicted octanol–water partition coefficient (Wildman–Crippen LogP) is 1.28. The van der Waals surface area contributed by atoms with E-state index in [-0.39, 0.29) is 0 Å². The van der Waals surface area contributed by atoms with Gasteiger partial charge in [0.05, 0.1) is 0 Å². The topological polar surface area (TPSA) is 29.1 Å². The summed E-state index contributed by atoms with van der Waals surface area (Å²) in [5.41, 5.74) is 0. The molecule has 1 N–H and O–H groups in total. The van der Waals surface area contributed by atoms with Crippen LogP contribution in [0.2, 0.25) is 0 Å². The monoisotopic (exact) mass is 129 g/mol. The molecule has 0 aromatic carbocycles. The molecule has 2 nitrogen and oxygen atoms in total. The number of hydrogen-bond donors (Lipinski definition) is 1. The number of amides is 1. The minimum Gasteiger partial charge on any atom is -0.351 e. The molecule has 0 aromatic rings. The quantitative estimate of drug-likeness (QED) is 0.571. The minimum atomic E-state index is 1.09. The van der Waals surface area contributed by atoms with Gasteiger partial charge in [-0.1, -0.05) is 33.1 Å². The van der Waals surface area contributed by atoms with E-state index in [1.165, 1.54) is 26.3 Å². The highest BCUT2D eigenvalue weighted by atomic mass is 16.1. The van der Waals surface area contributed by atoms with Gasteiger partial charge in [0.25, 0.3) is 0 Å². The van der Waals surface area contributed by atoms with Crippen molar-refractivity contribution in [2.75, 3.05) is 7.05 Å². The van der Waals surface area contributed by atoms with Crippen LogP contribution in [-0.2, 0) is 4.79 Å². The maximum Gasteiger partial charge on any atom is 0.309 e. The number of rotatable bonds is 3. The van der Waals surface area contributed by atoms with E-state index >= 15 is 0 Å². The van der Waals surface area contributed by atoms with Gasteiger partial charge in [-0.25, -0.2) is 0 Å². The van der Waals surface area contributed by atoms with Crippen molar-refractivity contribution < 1.29 is 4.79 Å². The van der Waals surface area contributed by atoms with Crippen LogP contribution in [0.4, 0.5) is 0 Å². The molecule has 1 amide bonds. The molecule has 0 aliphatic carbocycles. The second kappa shape index (κ2) is 15.6. The zero-order valence-corrected chi connectivity index (χ0v) is 6.24. The SMILES string of the molecule is CN[C]=O.[CH2]CCCC. The fourth-order valence-corrected chi connectivity index (χ4v) is 0.250. The summed E-state index contributed by atoms with van der Waals surface area (Å²) in [5, 5.41) is 2.12. The van der Waals surface area contributed by atoms with E-state index < -0.39 is 0 Å². The zero-order chi connectivity index (χ0) is 7.54. The van der Waals surface area contributed by atoms with E-state index in [0.717, 1.165) is 6.42 Å². The van der Waals surface area contributed by atoms with Crippen molar-refractivity contribution in [3.63, 3.8) is 0 Å². The number of carbonyl (C=O) groups excluding carboxylic acids is 1. The highest BCUT2D eigenvalue weighted by molar-refractivity contribution is 5.46. The van der Waals surface area contributed by atoms with Crippen LogP contribution >= 0.6 is 0 Å². The Morgan fingerprint density at radius 3 is 2.11 bits per heavy atom. The van der Waals surface area contributed by atoms with Crippen molar-refractivity contribution in [3.8, 4) is 0 Å². The predicted molar refractivity (Wildman–Crippen MR) is 39.6 cm³/mol. The Labute approximate surface area is 57.6 Å². The minimum absolute atomic E-state index is 1.09. The lowest BCUT2D eigenvalue weighted by atomic mass is 10.3. The summed E-state index contributed by atoms with van der Waals surface area (Å²) in [6, 6.07) is 0. The zero-order valence-electron chi connectivity index (χ0n) is 6.24. The van der Waals surface area contributed by atoms with Gasteiger partial charge >= 0.3 is 6.41 Å². The molecule has 0 fully saturated rings. The summed E-state index contributed by atoms with van der Waals surface area (Å²) >= 11 is 0. The Kier molecular flexibility index (Phi) is 19.6. The van der Waals surface area contributed by atoms with Gasteiger partial charge in [-0.15, -0.1) is 0 Å². The Morgan fingerprint density at radius 2 is 2.11 bits per heavy atom. The third-order valence-corrected chi connectivity index (χ3v) is 0.706. The van der Waals surface area contributed by atoms with Crippen LogP contribution in [0.5, 0.6) is 0 Å². The van der Waals surface area contributed by atoms with Crippen molar-refractivity contribution in [2.24, 2.45) is 0 Å². The molecule has 0 spiro atoms. The summed E-state index contributed by atoms with van der Waals surface area (Å²) in [5.74, 6) is 0. The number of nitrogens with one attached hydrogen (secondary N) is 1. The van der Waals surface area contributed by atoms with Gasteiger partial charge in [-0.3, -0.25) is 4.79 Å². The number of hydrogen-bond acceptors (Lipinski definition) is 1. The maximum absolute atomic E-state index is 8.94. The van der Waals surface area contributed by atoms with E-state index in [2.05, 4.69) is 19.2 Å². The molecule has 0 saturated carbocycles. The lowest BCUT2D eigenvalue weighted by molar-refractivity contribution is 0.548. The van der Waals surface area contributed by atoms with Crippen LogP contribution in [0.15, 0.2) is 0 Å². The van der Waals surface area contributed by atoms with Crippen LogP contribution in [0, 0.1) is 6.92 Å². The molecule has 0 rings (SSSR count). The molecule has 0 aliphatic rings. The normalized spacial score (nSPS) is 7.00. The molecule has 9 heavy (non-hydrogen) atoms. The molecule has 2 heteroatoms. The second-order valence-corrected chi connectivity index (χ2v) is 1.56.